The van der Waals surface area contributed by atoms with E-state index in [1.54, 1.807) is 18.2 Å². The van der Waals surface area contributed by atoms with Crippen LogP contribution in [0, 0.1) is 0 Å². The highest BCUT2D eigenvalue weighted by molar-refractivity contribution is 7.92. The number of para-hydroxylation sites is 1. The number of nitrogens with one attached hydrogen (secondary N) is 2. The summed E-state index contributed by atoms with van der Waals surface area (Å²) in [5.41, 5.74) is 2.12. The minimum Gasteiger partial charge on any atom is -0.352 e. The standard InChI is InChI=1S/C24H31N3O3S/c28-24(26-16-7-15-25-21-10-2-1-3-11-21)20-9-6-12-22(18-20)31(29,30)27-17-14-19-8-4-5-13-23(19)27/h4-6,8-9,12-13,18,21,25H,1-3,7,10-11,14-17H2,(H,26,28). The Morgan fingerprint density at radius 2 is 1.81 bits per heavy atom. The predicted octanol–water partition coefficient (Wildman–Crippen LogP) is 3.48. The van der Waals surface area contributed by atoms with Gasteiger partial charge in [-0.3, -0.25) is 9.10 Å². The highest BCUT2D eigenvalue weighted by Gasteiger charge is 2.30. The number of carbonyl (C=O) groups excluding carboxylic acids is 1. The number of hydrogen-bond donors (Lipinski definition) is 2. The molecule has 1 aliphatic heterocycles. The topological polar surface area (TPSA) is 78.5 Å². The third-order valence-corrected chi connectivity index (χ3v) is 8.02. The zero-order valence-corrected chi connectivity index (χ0v) is 18.7. The van der Waals surface area contributed by atoms with Crippen molar-refractivity contribution < 1.29 is 13.2 Å². The number of benzene rings is 2. The van der Waals surface area contributed by atoms with E-state index in [-0.39, 0.29) is 10.8 Å². The van der Waals surface area contributed by atoms with Crippen LogP contribution in [0.2, 0.25) is 0 Å². The highest BCUT2D eigenvalue weighted by Crippen LogP contribution is 2.32. The smallest absolute Gasteiger partial charge is 0.264 e. The molecule has 6 nitrogen and oxygen atoms in total. The molecule has 2 aliphatic rings. The van der Waals surface area contributed by atoms with Crippen molar-refractivity contribution in [3.05, 3.63) is 59.7 Å². The van der Waals surface area contributed by atoms with Crippen molar-refractivity contribution in [2.75, 3.05) is 23.9 Å². The largest absolute Gasteiger partial charge is 0.352 e. The molecule has 2 aromatic carbocycles. The van der Waals surface area contributed by atoms with Crippen LogP contribution in [-0.2, 0) is 16.4 Å². The van der Waals surface area contributed by atoms with E-state index in [1.807, 2.05) is 24.3 Å². The van der Waals surface area contributed by atoms with Crippen molar-refractivity contribution in [1.82, 2.24) is 10.6 Å². The fourth-order valence-electron chi connectivity index (χ4n) is 4.49. The van der Waals surface area contributed by atoms with Crippen molar-refractivity contribution in [3.8, 4) is 0 Å². The molecule has 1 fully saturated rings. The summed E-state index contributed by atoms with van der Waals surface area (Å²) in [6.45, 7) is 1.87. The monoisotopic (exact) mass is 441 g/mol. The molecule has 2 N–H and O–H groups in total. The van der Waals surface area contributed by atoms with Gasteiger partial charge in [0.15, 0.2) is 0 Å². The Balaban J connectivity index is 1.34. The van der Waals surface area contributed by atoms with E-state index in [2.05, 4.69) is 10.6 Å². The van der Waals surface area contributed by atoms with E-state index in [0.29, 0.717) is 31.1 Å². The van der Waals surface area contributed by atoms with Gasteiger partial charge in [0, 0.05) is 24.7 Å². The van der Waals surface area contributed by atoms with Gasteiger partial charge in [-0.2, -0.15) is 0 Å². The second-order valence-electron chi connectivity index (χ2n) is 8.38. The maximum atomic E-state index is 13.2. The van der Waals surface area contributed by atoms with Crippen molar-refractivity contribution in [3.63, 3.8) is 0 Å². The van der Waals surface area contributed by atoms with Crippen molar-refractivity contribution in [1.29, 1.82) is 0 Å². The first-order valence-electron chi connectivity index (χ1n) is 11.3. The molecule has 0 saturated heterocycles. The molecular formula is C24H31N3O3S. The summed E-state index contributed by atoms with van der Waals surface area (Å²) in [6, 6.07) is 14.5. The van der Waals surface area contributed by atoms with E-state index >= 15 is 0 Å². The van der Waals surface area contributed by atoms with E-state index in [9.17, 15) is 13.2 Å². The summed E-state index contributed by atoms with van der Waals surface area (Å²) in [7, 11) is -3.71. The van der Waals surface area contributed by atoms with Gasteiger partial charge in [0.2, 0.25) is 0 Å². The number of anilines is 1. The molecule has 0 bridgehead atoms. The number of amides is 1. The number of hydrogen-bond acceptors (Lipinski definition) is 4. The SMILES string of the molecule is O=C(NCCCNC1CCCCC1)c1cccc(S(=O)(=O)N2CCc3ccccc32)c1. The van der Waals surface area contributed by atoms with Crippen LogP contribution in [0.25, 0.3) is 0 Å². The molecule has 4 rings (SSSR count). The van der Waals surface area contributed by atoms with Crippen LogP contribution in [0.1, 0.15) is 54.4 Å². The molecule has 1 amide bonds. The molecule has 166 valence electrons. The number of nitrogens with zero attached hydrogens (tertiary/aromatic N) is 1. The van der Waals surface area contributed by atoms with Gasteiger partial charge in [0.1, 0.15) is 0 Å². The molecule has 1 aliphatic carbocycles. The molecule has 1 saturated carbocycles. The van der Waals surface area contributed by atoms with Crippen LogP contribution in [-0.4, -0.2) is 40.0 Å². The maximum Gasteiger partial charge on any atom is 0.264 e. The lowest BCUT2D eigenvalue weighted by molar-refractivity contribution is 0.0953. The van der Waals surface area contributed by atoms with Gasteiger partial charge in [-0.15, -0.1) is 0 Å². The average molecular weight is 442 g/mol. The minimum atomic E-state index is -3.71. The summed E-state index contributed by atoms with van der Waals surface area (Å²) >= 11 is 0. The van der Waals surface area contributed by atoms with Gasteiger partial charge < -0.3 is 10.6 Å². The number of fused-ring (bicyclic) bond motifs is 1. The minimum absolute atomic E-state index is 0.149. The molecule has 31 heavy (non-hydrogen) atoms. The van der Waals surface area contributed by atoms with Crippen LogP contribution in [0.15, 0.2) is 53.4 Å². The molecule has 1 heterocycles. The zero-order valence-electron chi connectivity index (χ0n) is 17.8. The molecule has 0 radical (unpaired) electrons. The zero-order chi connectivity index (χ0) is 21.7. The first kappa shape index (κ1) is 21.8. The lowest BCUT2D eigenvalue weighted by Gasteiger charge is -2.22. The van der Waals surface area contributed by atoms with Crippen molar-refractivity contribution >= 4 is 21.6 Å². The molecular weight excluding hydrogens is 410 g/mol. The third kappa shape index (κ3) is 5.10. The molecule has 0 spiro atoms. The number of sulfonamides is 1. The van der Waals surface area contributed by atoms with Crippen molar-refractivity contribution in [2.24, 2.45) is 0 Å². The summed E-state index contributed by atoms with van der Waals surface area (Å²) in [4.78, 5) is 12.7. The molecule has 0 aromatic heterocycles. The van der Waals surface area contributed by atoms with Gasteiger partial charge in [-0.05, 0) is 62.1 Å². The first-order chi connectivity index (χ1) is 15.1. The average Bonchev–Trinajstić information content (AvgIpc) is 3.24. The van der Waals surface area contributed by atoms with Gasteiger partial charge in [-0.25, -0.2) is 8.42 Å². The number of carbonyl (C=O) groups is 1. The number of rotatable bonds is 8. The fourth-order valence-corrected chi connectivity index (χ4v) is 6.04. The van der Waals surface area contributed by atoms with Crippen LogP contribution in [0.5, 0.6) is 0 Å². The lowest BCUT2D eigenvalue weighted by Crippen LogP contribution is -2.34. The summed E-state index contributed by atoms with van der Waals surface area (Å²) in [5.74, 6) is -0.239. The van der Waals surface area contributed by atoms with Crippen LogP contribution < -0.4 is 14.9 Å². The van der Waals surface area contributed by atoms with E-state index in [4.69, 9.17) is 0 Å². The van der Waals surface area contributed by atoms with Gasteiger partial charge in [0.25, 0.3) is 15.9 Å². The maximum absolute atomic E-state index is 13.2. The van der Waals surface area contributed by atoms with Crippen LogP contribution in [0.4, 0.5) is 5.69 Å². The third-order valence-electron chi connectivity index (χ3n) is 6.21. The predicted molar refractivity (Wildman–Crippen MR) is 123 cm³/mol. The van der Waals surface area contributed by atoms with Crippen molar-refractivity contribution in [2.45, 2.75) is 55.9 Å². The van der Waals surface area contributed by atoms with Gasteiger partial charge in [-0.1, -0.05) is 43.5 Å². The Morgan fingerprint density at radius 3 is 2.65 bits per heavy atom. The second-order valence-corrected chi connectivity index (χ2v) is 10.2. The van der Waals surface area contributed by atoms with E-state index in [0.717, 1.165) is 24.2 Å². The van der Waals surface area contributed by atoms with E-state index in [1.165, 1.54) is 42.5 Å². The first-order valence-corrected chi connectivity index (χ1v) is 12.7. The molecule has 7 heteroatoms. The molecule has 0 atom stereocenters. The summed E-state index contributed by atoms with van der Waals surface area (Å²) in [5, 5.41) is 6.48. The second kappa shape index (κ2) is 9.83. The summed E-state index contributed by atoms with van der Waals surface area (Å²) < 4.78 is 27.9. The Bertz CT molecular complexity index is 1020. The van der Waals surface area contributed by atoms with Crippen LogP contribution >= 0.6 is 0 Å². The Hall–Kier alpha value is -2.38. The van der Waals surface area contributed by atoms with E-state index < -0.39 is 10.0 Å². The Morgan fingerprint density at radius 1 is 1.00 bits per heavy atom. The fraction of sp³-hybridized carbons (Fsp3) is 0.458. The Kier molecular flexibility index (Phi) is 6.92. The van der Waals surface area contributed by atoms with Crippen LogP contribution in [0.3, 0.4) is 0 Å². The highest BCUT2D eigenvalue weighted by atomic mass is 32.2. The summed E-state index contributed by atoms with van der Waals surface area (Å²) in [6.07, 6.45) is 7.99. The molecule has 0 unspecified atom stereocenters. The normalized spacial score (nSPS) is 16.8. The molecule has 2 aromatic rings. The lowest BCUT2D eigenvalue weighted by atomic mass is 9.95. The Labute approximate surface area is 185 Å². The van der Waals surface area contributed by atoms with Gasteiger partial charge >= 0.3 is 0 Å². The van der Waals surface area contributed by atoms with Gasteiger partial charge in [0.05, 0.1) is 10.6 Å². The quantitative estimate of drug-likeness (QED) is 0.615.